The molecule has 0 fully saturated rings. The molecule has 23 heavy (non-hydrogen) atoms. The first-order chi connectivity index (χ1) is 10.5. The summed E-state index contributed by atoms with van der Waals surface area (Å²) in [5.74, 6) is 0.107. The van der Waals surface area contributed by atoms with Crippen molar-refractivity contribution in [1.29, 1.82) is 0 Å². The van der Waals surface area contributed by atoms with Gasteiger partial charge in [-0.25, -0.2) is 8.42 Å². The van der Waals surface area contributed by atoms with Gasteiger partial charge >= 0.3 is 5.69 Å². The summed E-state index contributed by atoms with van der Waals surface area (Å²) in [6.45, 7) is 10.3. The van der Waals surface area contributed by atoms with Gasteiger partial charge in [-0.15, -0.1) is 0 Å². The van der Waals surface area contributed by atoms with Crippen LogP contribution in [0.3, 0.4) is 0 Å². The molecular weight excluding hydrogens is 336 g/mol. The van der Waals surface area contributed by atoms with Crippen LogP contribution in [0, 0.1) is 10.1 Å². The van der Waals surface area contributed by atoms with Crippen LogP contribution in [0.25, 0.3) is 0 Å². The van der Waals surface area contributed by atoms with Gasteiger partial charge in [0.25, 0.3) is 0 Å². The third-order valence-electron chi connectivity index (χ3n) is 3.13. The predicted octanol–water partition coefficient (Wildman–Crippen LogP) is 2.88. The number of sulfonamides is 1. The third kappa shape index (κ3) is 5.01. The summed E-state index contributed by atoms with van der Waals surface area (Å²) in [5.41, 5.74) is -0.323. The predicted molar refractivity (Wildman–Crippen MR) is 92.0 cm³/mol. The van der Waals surface area contributed by atoms with Crippen LogP contribution >= 0.6 is 0 Å². The maximum Gasteiger partial charge on any atom is 0.312 e. The molecule has 0 bridgehead atoms. The quantitative estimate of drug-likeness (QED) is 0.404. The number of rotatable bonds is 8. The molecule has 0 saturated carbocycles. The normalized spacial score (nSPS) is 12.4. The van der Waals surface area contributed by atoms with Gasteiger partial charge in [-0.05, 0) is 12.1 Å². The van der Waals surface area contributed by atoms with Gasteiger partial charge in [0.2, 0.25) is 10.0 Å². The first kappa shape index (κ1) is 19.6. The fraction of sp³-hybridized carbons (Fsp3) is 0.571. The smallest absolute Gasteiger partial charge is 0.312 e. The second-order valence-corrected chi connectivity index (χ2v) is 13.7. The monoisotopic (exact) mass is 360 g/mol. The number of ether oxygens (including phenoxy) is 1. The van der Waals surface area contributed by atoms with Crippen LogP contribution in [0.15, 0.2) is 23.1 Å². The van der Waals surface area contributed by atoms with Crippen LogP contribution in [0.2, 0.25) is 19.6 Å². The highest BCUT2D eigenvalue weighted by molar-refractivity contribution is 7.89. The van der Waals surface area contributed by atoms with Crippen molar-refractivity contribution >= 4 is 23.8 Å². The SMILES string of the molecule is CCN(CC)S(=O)(=O)c1ccc(OC[Si](C)(C)C)c([N+](=O)[O-])c1. The van der Waals surface area contributed by atoms with Crippen molar-refractivity contribution < 1.29 is 18.1 Å². The lowest BCUT2D eigenvalue weighted by Gasteiger charge is -2.19. The fourth-order valence-electron chi connectivity index (χ4n) is 1.93. The van der Waals surface area contributed by atoms with Crippen molar-refractivity contribution in [2.24, 2.45) is 0 Å². The Morgan fingerprint density at radius 1 is 1.22 bits per heavy atom. The van der Waals surface area contributed by atoms with Gasteiger partial charge in [0.1, 0.15) is 0 Å². The zero-order valence-corrected chi connectivity index (χ0v) is 16.0. The van der Waals surface area contributed by atoms with Gasteiger partial charge in [-0.1, -0.05) is 33.5 Å². The van der Waals surface area contributed by atoms with Crippen molar-refractivity contribution in [3.05, 3.63) is 28.3 Å². The molecule has 130 valence electrons. The molecular formula is C14H24N2O5SSi. The Balaban J connectivity index is 3.26. The second kappa shape index (κ2) is 7.41. The summed E-state index contributed by atoms with van der Waals surface area (Å²) in [6.07, 6.45) is 0.427. The standard InChI is InChI=1S/C14H24N2O5SSi/c1-6-15(7-2)22(19,20)12-8-9-14(13(10-12)16(17)18)21-11-23(3,4)5/h8-10H,6-7,11H2,1-5H3. The van der Waals surface area contributed by atoms with E-state index in [4.69, 9.17) is 4.74 Å². The number of hydrogen-bond acceptors (Lipinski definition) is 5. The summed E-state index contributed by atoms with van der Waals surface area (Å²) >= 11 is 0. The van der Waals surface area contributed by atoms with Crippen molar-refractivity contribution in [3.8, 4) is 5.75 Å². The Hall–Kier alpha value is -1.45. The van der Waals surface area contributed by atoms with Crippen molar-refractivity contribution in [3.63, 3.8) is 0 Å². The van der Waals surface area contributed by atoms with E-state index in [1.165, 1.54) is 16.4 Å². The van der Waals surface area contributed by atoms with Crippen LogP contribution in [0.4, 0.5) is 5.69 Å². The summed E-state index contributed by atoms with van der Waals surface area (Å²) in [7, 11) is -5.28. The van der Waals surface area contributed by atoms with E-state index in [9.17, 15) is 18.5 Å². The molecule has 0 spiro atoms. The van der Waals surface area contributed by atoms with E-state index in [-0.39, 0.29) is 16.3 Å². The molecule has 0 radical (unpaired) electrons. The molecule has 0 aliphatic carbocycles. The minimum absolute atomic E-state index is 0.0896. The van der Waals surface area contributed by atoms with Crippen molar-refractivity contribution in [1.82, 2.24) is 4.31 Å². The lowest BCUT2D eigenvalue weighted by atomic mass is 10.3. The molecule has 1 aromatic rings. The van der Waals surface area contributed by atoms with Crippen LogP contribution < -0.4 is 4.74 Å². The Bertz CT molecular complexity index is 666. The number of nitro groups is 1. The largest absolute Gasteiger partial charge is 0.491 e. The fourth-order valence-corrected chi connectivity index (χ4v) is 4.00. The minimum atomic E-state index is -3.74. The van der Waals surface area contributed by atoms with Crippen molar-refractivity contribution in [2.75, 3.05) is 19.3 Å². The highest BCUT2D eigenvalue weighted by Crippen LogP contribution is 2.31. The molecule has 1 aromatic carbocycles. The highest BCUT2D eigenvalue weighted by atomic mass is 32.2. The van der Waals surface area contributed by atoms with Gasteiger partial charge in [-0.3, -0.25) is 10.1 Å². The van der Waals surface area contributed by atoms with E-state index < -0.39 is 23.0 Å². The molecule has 0 aliphatic heterocycles. The first-order valence-corrected chi connectivity index (χ1v) is 12.6. The first-order valence-electron chi connectivity index (χ1n) is 7.44. The number of nitrogens with zero attached hydrogens (tertiary/aromatic N) is 2. The molecule has 0 unspecified atom stereocenters. The van der Waals surface area contributed by atoms with Crippen LogP contribution in [-0.4, -0.2) is 45.0 Å². The molecule has 9 heteroatoms. The molecule has 0 aliphatic rings. The Kier molecular flexibility index (Phi) is 6.31. The third-order valence-corrected chi connectivity index (χ3v) is 6.19. The van der Waals surface area contributed by atoms with Gasteiger partial charge in [-0.2, -0.15) is 4.31 Å². The zero-order valence-electron chi connectivity index (χ0n) is 14.2. The summed E-state index contributed by atoms with van der Waals surface area (Å²) in [6, 6.07) is 3.81. The average Bonchev–Trinajstić information content (AvgIpc) is 2.45. The minimum Gasteiger partial charge on any atom is -0.491 e. The molecule has 0 heterocycles. The van der Waals surface area contributed by atoms with Gasteiger partial charge in [0, 0.05) is 19.2 Å². The van der Waals surface area contributed by atoms with E-state index in [1.54, 1.807) is 13.8 Å². The van der Waals surface area contributed by atoms with Crippen LogP contribution in [0.5, 0.6) is 5.75 Å². The van der Waals surface area contributed by atoms with E-state index in [2.05, 4.69) is 19.6 Å². The number of benzene rings is 1. The molecule has 1 rings (SSSR count). The lowest BCUT2D eigenvalue weighted by Crippen LogP contribution is -2.31. The van der Waals surface area contributed by atoms with E-state index in [0.717, 1.165) is 6.07 Å². The van der Waals surface area contributed by atoms with E-state index in [1.807, 2.05) is 0 Å². The Morgan fingerprint density at radius 3 is 2.22 bits per heavy atom. The Morgan fingerprint density at radius 2 is 1.78 bits per heavy atom. The summed E-state index contributed by atoms with van der Waals surface area (Å²) in [5, 5.41) is 11.3. The molecule has 7 nitrogen and oxygen atoms in total. The van der Waals surface area contributed by atoms with Crippen LogP contribution in [0.1, 0.15) is 13.8 Å². The topological polar surface area (TPSA) is 89.8 Å². The van der Waals surface area contributed by atoms with Gasteiger partial charge in [0.15, 0.2) is 5.75 Å². The van der Waals surface area contributed by atoms with Gasteiger partial charge < -0.3 is 4.74 Å². The number of hydrogen-bond donors (Lipinski definition) is 0. The molecule has 0 N–H and O–H groups in total. The maximum absolute atomic E-state index is 12.5. The molecule has 0 amide bonds. The summed E-state index contributed by atoms with van der Waals surface area (Å²) < 4.78 is 31.7. The number of nitro benzene ring substituents is 1. The van der Waals surface area contributed by atoms with Crippen molar-refractivity contribution in [2.45, 2.75) is 38.4 Å². The second-order valence-electron chi connectivity index (χ2n) is 6.33. The average molecular weight is 361 g/mol. The lowest BCUT2D eigenvalue weighted by molar-refractivity contribution is -0.386. The maximum atomic E-state index is 12.5. The van der Waals surface area contributed by atoms with E-state index in [0.29, 0.717) is 19.3 Å². The zero-order chi connectivity index (χ0) is 17.8. The molecule has 0 aromatic heterocycles. The van der Waals surface area contributed by atoms with E-state index >= 15 is 0 Å². The van der Waals surface area contributed by atoms with Crippen LogP contribution in [-0.2, 0) is 10.0 Å². The molecule has 0 atom stereocenters. The van der Waals surface area contributed by atoms with Gasteiger partial charge in [0.05, 0.1) is 24.1 Å². The highest BCUT2D eigenvalue weighted by Gasteiger charge is 2.27. The Labute approximate surface area is 138 Å². The summed E-state index contributed by atoms with van der Waals surface area (Å²) in [4.78, 5) is 10.6. The molecule has 0 saturated heterocycles.